The molecule has 7 nitrogen and oxygen atoms in total. The summed E-state index contributed by atoms with van der Waals surface area (Å²) in [4.78, 5) is 11.9. The van der Waals surface area contributed by atoms with Crippen molar-refractivity contribution in [2.24, 2.45) is 0 Å². The van der Waals surface area contributed by atoms with Crippen LogP contribution in [0.2, 0.25) is 0 Å². The minimum Gasteiger partial charge on any atom is -0.461 e. The van der Waals surface area contributed by atoms with E-state index >= 15 is 0 Å². The van der Waals surface area contributed by atoms with Crippen LogP contribution >= 0.6 is 11.8 Å². The zero-order valence-electron chi connectivity index (χ0n) is 13.3. The van der Waals surface area contributed by atoms with Crippen LogP contribution in [0.5, 0.6) is 0 Å². The maximum Gasteiger partial charge on any atom is 0.230 e. The van der Waals surface area contributed by atoms with Gasteiger partial charge in [0.1, 0.15) is 0 Å². The largest absolute Gasteiger partial charge is 0.461 e. The summed E-state index contributed by atoms with van der Waals surface area (Å²) in [5.41, 5.74) is 0. The molecule has 0 radical (unpaired) electrons. The second-order valence-corrected chi connectivity index (χ2v) is 7.10. The third kappa shape index (κ3) is 3.64. The van der Waals surface area contributed by atoms with E-state index in [-0.39, 0.29) is 12.0 Å². The quantitative estimate of drug-likeness (QED) is 0.772. The predicted molar refractivity (Wildman–Crippen MR) is 88.6 cm³/mol. The number of nitrogens with zero attached hydrogens (tertiary/aromatic N) is 3. The van der Waals surface area contributed by atoms with Crippen molar-refractivity contribution in [2.75, 3.05) is 12.4 Å². The number of nitrogens with one attached hydrogen (secondary N) is 1. The first-order valence-corrected chi connectivity index (χ1v) is 9.29. The van der Waals surface area contributed by atoms with Gasteiger partial charge in [0.15, 0.2) is 10.9 Å². The van der Waals surface area contributed by atoms with Crippen LogP contribution in [0.15, 0.2) is 28.0 Å². The fourth-order valence-electron chi connectivity index (χ4n) is 2.77. The average molecular weight is 348 g/mol. The second-order valence-electron chi connectivity index (χ2n) is 6.16. The van der Waals surface area contributed by atoms with Gasteiger partial charge in [-0.3, -0.25) is 9.36 Å². The van der Waals surface area contributed by atoms with Crippen molar-refractivity contribution in [1.82, 2.24) is 20.1 Å². The number of ether oxygens (including phenoxy) is 1. The molecule has 1 atom stereocenters. The van der Waals surface area contributed by atoms with Crippen LogP contribution in [0.4, 0.5) is 0 Å². The molecule has 24 heavy (non-hydrogen) atoms. The number of carbonyl (C=O) groups is 1. The van der Waals surface area contributed by atoms with Crippen LogP contribution in [0, 0.1) is 0 Å². The highest BCUT2D eigenvalue weighted by Gasteiger charge is 2.25. The minimum absolute atomic E-state index is 0.0497. The molecule has 8 heteroatoms. The topological polar surface area (TPSA) is 82.2 Å². The third-order valence-electron chi connectivity index (χ3n) is 4.14. The molecule has 2 aliphatic rings. The van der Waals surface area contributed by atoms with Gasteiger partial charge in [0.25, 0.3) is 0 Å². The molecule has 3 heterocycles. The lowest BCUT2D eigenvalue weighted by molar-refractivity contribution is -0.118. The Balaban J connectivity index is 1.49. The molecular formula is C16H20N4O3S. The van der Waals surface area contributed by atoms with E-state index in [0.29, 0.717) is 29.9 Å². The highest BCUT2D eigenvalue weighted by molar-refractivity contribution is 7.99. The van der Waals surface area contributed by atoms with Gasteiger partial charge in [-0.25, -0.2) is 0 Å². The zero-order chi connectivity index (χ0) is 16.4. The number of hydrogen-bond acceptors (Lipinski definition) is 6. The summed E-state index contributed by atoms with van der Waals surface area (Å²) in [6.45, 7) is 1.48. The first-order valence-electron chi connectivity index (χ1n) is 8.30. The third-order valence-corrected chi connectivity index (χ3v) is 5.11. The van der Waals surface area contributed by atoms with Crippen LogP contribution in [0.1, 0.15) is 25.7 Å². The highest BCUT2D eigenvalue weighted by atomic mass is 32.2. The minimum atomic E-state index is 0.0497. The van der Waals surface area contributed by atoms with Crippen molar-refractivity contribution in [1.29, 1.82) is 0 Å². The van der Waals surface area contributed by atoms with Crippen molar-refractivity contribution in [3.05, 3.63) is 18.4 Å². The first-order chi connectivity index (χ1) is 11.8. The Morgan fingerprint density at radius 3 is 3.00 bits per heavy atom. The Labute approximate surface area is 144 Å². The number of furan rings is 1. The molecule has 4 rings (SSSR count). The summed E-state index contributed by atoms with van der Waals surface area (Å²) >= 11 is 1.41. The van der Waals surface area contributed by atoms with Gasteiger partial charge in [-0.1, -0.05) is 11.8 Å². The second kappa shape index (κ2) is 6.98. The van der Waals surface area contributed by atoms with E-state index < -0.39 is 0 Å². The Kier molecular flexibility index (Phi) is 4.57. The van der Waals surface area contributed by atoms with Crippen molar-refractivity contribution in [3.8, 4) is 11.6 Å². The fourth-order valence-corrected chi connectivity index (χ4v) is 3.53. The van der Waals surface area contributed by atoms with Crippen LogP contribution in [-0.2, 0) is 16.1 Å². The Hall–Kier alpha value is -1.80. The average Bonchev–Trinajstić information content (AvgIpc) is 3.04. The summed E-state index contributed by atoms with van der Waals surface area (Å²) in [5, 5.41) is 12.2. The predicted octanol–water partition coefficient (Wildman–Crippen LogP) is 2.09. The van der Waals surface area contributed by atoms with E-state index in [1.54, 1.807) is 6.26 Å². The smallest absolute Gasteiger partial charge is 0.230 e. The molecule has 0 aromatic carbocycles. The summed E-state index contributed by atoms with van der Waals surface area (Å²) < 4.78 is 13.2. The van der Waals surface area contributed by atoms with Crippen LogP contribution in [0.25, 0.3) is 11.6 Å². The molecule has 2 aromatic rings. The van der Waals surface area contributed by atoms with Gasteiger partial charge in [0.05, 0.1) is 24.7 Å². The molecule has 1 aliphatic carbocycles. The molecule has 2 aromatic heterocycles. The Morgan fingerprint density at radius 2 is 2.29 bits per heavy atom. The Morgan fingerprint density at radius 1 is 1.38 bits per heavy atom. The van der Waals surface area contributed by atoms with E-state index in [0.717, 1.165) is 37.4 Å². The maximum absolute atomic E-state index is 11.9. The molecule has 1 aliphatic heterocycles. The number of aromatic nitrogens is 3. The molecule has 0 bridgehead atoms. The van der Waals surface area contributed by atoms with Crippen LogP contribution < -0.4 is 5.32 Å². The van der Waals surface area contributed by atoms with E-state index in [9.17, 15) is 4.79 Å². The number of amides is 1. The molecule has 2 fully saturated rings. The Bertz CT molecular complexity index is 690. The highest BCUT2D eigenvalue weighted by Crippen LogP contribution is 2.27. The number of rotatable bonds is 7. The summed E-state index contributed by atoms with van der Waals surface area (Å²) in [7, 11) is 0. The molecule has 128 valence electrons. The molecule has 0 spiro atoms. The number of hydrogen-bond donors (Lipinski definition) is 1. The molecule has 1 N–H and O–H groups in total. The standard InChI is InChI=1S/C16H20N4O3S/c21-14(17-11-5-6-11)10-24-16-19-18-15(13-4-2-8-23-13)20(16)9-12-3-1-7-22-12/h2,4,8,11-12H,1,3,5-7,9-10H2,(H,17,21)/t12-/m0/s1. The lowest BCUT2D eigenvalue weighted by Gasteiger charge is -2.13. The fraction of sp³-hybridized carbons (Fsp3) is 0.562. The monoisotopic (exact) mass is 348 g/mol. The van der Waals surface area contributed by atoms with Crippen LogP contribution in [0.3, 0.4) is 0 Å². The van der Waals surface area contributed by atoms with Crippen molar-refractivity contribution < 1.29 is 13.9 Å². The van der Waals surface area contributed by atoms with Crippen molar-refractivity contribution in [2.45, 2.75) is 49.5 Å². The molecule has 1 saturated heterocycles. The van der Waals surface area contributed by atoms with E-state index in [1.165, 1.54) is 11.8 Å². The van der Waals surface area contributed by atoms with Gasteiger partial charge in [0.2, 0.25) is 11.7 Å². The molecule has 0 unspecified atom stereocenters. The normalized spacial score (nSPS) is 20.4. The van der Waals surface area contributed by atoms with Gasteiger partial charge < -0.3 is 14.5 Å². The van der Waals surface area contributed by atoms with Crippen LogP contribution in [-0.4, -0.2) is 45.2 Å². The summed E-state index contributed by atoms with van der Waals surface area (Å²) in [6.07, 6.45) is 6.07. The SMILES string of the molecule is O=C(CSc1nnc(-c2ccco2)n1C[C@@H]1CCCO1)NC1CC1. The summed E-state index contributed by atoms with van der Waals surface area (Å²) in [6, 6.07) is 4.07. The van der Waals surface area contributed by atoms with Gasteiger partial charge in [-0.15, -0.1) is 10.2 Å². The lowest BCUT2D eigenvalue weighted by atomic mass is 10.2. The van der Waals surface area contributed by atoms with E-state index in [2.05, 4.69) is 15.5 Å². The van der Waals surface area contributed by atoms with E-state index in [1.807, 2.05) is 16.7 Å². The first kappa shape index (κ1) is 15.7. The van der Waals surface area contributed by atoms with Crippen molar-refractivity contribution >= 4 is 17.7 Å². The molecule has 1 saturated carbocycles. The van der Waals surface area contributed by atoms with E-state index in [4.69, 9.17) is 9.15 Å². The van der Waals surface area contributed by atoms with Gasteiger partial charge in [0, 0.05) is 12.6 Å². The van der Waals surface area contributed by atoms with Crippen molar-refractivity contribution in [3.63, 3.8) is 0 Å². The molecular weight excluding hydrogens is 328 g/mol. The lowest BCUT2D eigenvalue weighted by Crippen LogP contribution is -2.27. The summed E-state index contributed by atoms with van der Waals surface area (Å²) in [5.74, 6) is 1.75. The zero-order valence-corrected chi connectivity index (χ0v) is 14.1. The van der Waals surface area contributed by atoms with Gasteiger partial charge >= 0.3 is 0 Å². The molecule has 1 amide bonds. The maximum atomic E-state index is 11.9. The number of carbonyl (C=O) groups excluding carboxylic acids is 1. The van der Waals surface area contributed by atoms with Gasteiger partial charge in [-0.05, 0) is 37.8 Å². The van der Waals surface area contributed by atoms with Gasteiger partial charge in [-0.2, -0.15) is 0 Å². The number of thioether (sulfide) groups is 1.